The molecule has 0 amide bonds. The third kappa shape index (κ3) is 5.92. The van der Waals surface area contributed by atoms with Gasteiger partial charge in [0, 0.05) is 6.54 Å². The Morgan fingerprint density at radius 1 is 1.24 bits per heavy atom. The van der Waals surface area contributed by atoms with Gasteiger partial charge in [-0.2, -0.15) is 0 Å². The van der Waals surface area contributed by atoms with Crippen LogP contribution in [0.25, 0.3) is 0 Å². The summed E-state index contributed by atoms with van der Waals surface area (Å²) < 4.78 is 10.3. The lowest BCUT2D eigenvalue weighted by atomic mass is 10.2. The monoisotopic (exact) mass is 237 g/mol. The van der Waals surface area contributed by atoms with Crippen LogP contribution < -0.4 is 4.74 Å². The molecule has 0 spiro atoms. The van der Waals surface area contributed by atoms with Crippen molar-refractivity contribution in [2.24, 2.45) is 0 Å². The summed E-state index contributed by atoms with van der Waals surface area (Å²) in [4.78, 5) is 13.3. The predicted octanol–water partition coefficient (Wildman–Crippen LogP) is 1.48. The van der Waals surface area contributed by atoms with Gasteiger partial charge >= 0.3 is 5.97 Å². The van der Waals surface area contributed by atoms with Gasteiger partial charge in [0.15, 0.2) is 6.61 Å². The first-order valence-corrected chi connectivity index (χ1v) is 5.58. The molecule has 0 radical (unpaired) electrons. The van der Waals surface area contributed by atoms with E-state index in [0.29, 0.717) is 12.4 Å². The highest BCUT2D eigenvalue weighted by molar-refractivity contribution is 5.71. The number of ether oxygens (including phenoxy) is 2. The van der Waals surface area contributed by atoms with Gasteiger partial charge in [-0.25, -0.2) is 4.79 Å². The van der Waals surface area contributed by atoms with Crippen molar-refractivity contribution >= 4 is 5.97 Å². The van der Waals surface area contributed by atoms with Crippen molar-refractivity contribution in [1.82, 2.24) is 4.90 Å². The highest BCUT2D eigenvalue weighted by Gasteiger charge is 2.04. The molecule has 0 aliphatic rings. The van der Waals surface area contributed by atoms with Crippen molar-refractivity contribution in [3.63, 3.8) is 0 Å². The number of nitrogens with zero attached hydrogens (tertiary/aromatic N) is 1. The molecular weight excluding hydrogens is 218 g/mol. The van der Waals surface area contributed by atoms with E-state index < -0.39 is 0 Å². The highest BCUT2D eigenvalue weighted by atomic mass is 16.6. The van der Waals surface area contributed by atoms with E-state index in [-0.39, 0.29) is 12.6 Å². The van der Waals surface area contributed by atoms with E-state index in [1.54, 1.807) is 0 Å². The summed E-state index contributed by atoms with van der Waals surface area (Å²) in [5.74, 6) is 0.340. The Morgan fingerprint density at radius 2 is 1.88 bits per heavy atom. The molecule has 17 heavy (non-hydrogen) atoms. The summed E-state index contributed by atoms with van der Waals surface area (Å²) in [6, 6.07) is 7.55. The molecule has 0 aliphatic carbocycles. The second kappa shape index (κ2) is 6.91. The zero-order valence-corrected chi connectivity index (χ0v) is 10.6. The molecule has 0 saturated carbocycles. The fourth-order valence-corrected chi connectivity index (χ4v) is 1.16. The van der Waals surface area contributed by atoms with Gasteiger partial charge in [0.05, 0.1) is 0 Å². The average molecular weight is 237 g/mol. The summed E-state index contributed by atoms with van der Waals surface area (Å²) in [5.41, 5.74) is 1.16. The van der Waals surface area contributed by atoms with Gasteiger partial charge in [-0.05, 0) is 33.2 Å². The lowest BCUT2D eigenvalue weighted by Gasteiger charge is -2.10. The van der Waals surface area contributed by atoms with Crippen LogP contribution in [0.3, 0.4) is 0 Å². The number of hydrogen-bond acceptors (Lipinski definition) is 4. The van der Waals surface area contributed by atoms with Crippen molar-refractivity contribution in [2.45, 2.75) is 6.92 Å². The van der Waals surface area contributed by atoms with Crippen LogP contribution in [0.4, 0.5) is 0 Å². The van der Waals surface area contributed by atoms with Crippen LogP contribution >= 0.6 is 0 Å². The topological polar surface area (TPSA) is 38.8 Å². The van der Waals surface area contributed by atoms with Gasteiger partial charge in [-0.15, -0.1) is 0 Å². The number of carbonyl (C=O) groups excluding carboxylic acids is 1. The van der Waals surface area contributed by atoms with Gasteiger partial charge in [-0.1, -0.05) is 17.7 Å². The molecule has 1 aromatic carbocycles. The Bertz CT molecular complexity index is 346. The first kappa shape index (κ1) is 13.5. The van der Waals surface area contributed by atoms with Crippen molar-refractivity contribution in [3.05, 3.63) is 29.8 Å². The maximum absolute atomic E-state index is 11.3. The number of aryl methyl sites for hydroxylation is 1. The fraction of sp³-hybridized carbons (Fsp3) is 0.462. The number of esters is 1. The Hall–Kier alpha value is -1.55. The van der Waals surface area contributed by atoms with Gasteiger partial charge in [0.1, 0.15) is 12.4 Å². The Morgan fingerprint density at radius 3 is 2.47 bits per heavy atom. The highest BCUT2D eigenvalue weighted by Crippen LogP contribution is 2.11. The van der Waals surface area contributed by atoms with E-state index >= 15 is 0 Å². The molecule has 0 fully saturated rings. The maximum Gasteiger partial charge on any atom is 0.344 e. The minimum absolute atomic E-state index is 0.0451. The van der Waals surface area contributed by atoms with Gasteiger partial charge in [0.25, 0.3) is 0 Å². The third-order valence-corrected chi connectivity index (χ3v) is 2.18. The zero-order valence-electron chi connectivity index (χ0n) is 10.6. The first-order chi connectivity index (χ1) is 8.08. The van der Waals surface area contributed by atoms with Gasteiger partial charge in [-0.3, -0.25) is 0 Å². The molecule has 94 valence electrons. The summed E-state index contributed by atoms with van der Waals surface area (Å²) in [5, 5.41) is 0. The largest absolute Gasteiger partial charge is 0.482 e. The van der Waals surface area contributed by atoms with Crippen molar-refractivity contribution in [1.29, 1.82) is 0 Å². The molecular formula is C13H19NO3. The smallest absolute Gasteiger partial charge is 0.344 e. The summed E-state index contributed by atoms with van der Waals surface area (Å²) in [7, 11) is 3.85. The summed E-state index contributed by atoms with van der Waals surface area (Å²) in [6.45, 7) is 3.06. The van der Waals surface area contributed by atoms with E-state index in [2.05, 4.69) is 0 Å². The molecule has 0 bridgehead atoms. The Balaban J connectivity index is 2.21. The molecule has 0 aliphatic heterocycles. The van der Waals surface area contributed by atoms with Crippen LogP contribution in [-0.2, 0) is 9.53 Å². The van der Waals surface area contributed by atoms with E-state index in [4.69, 9.17) is 9.47 Å². The Labute approximate surface area is 102 Å². The fourth-order valence-electron chi connectivity index (χ4n) is 1.16. The second-order valence-electron chi connectivity index (χ2n) is 4.13. The van der Waals surface area contributed by atoms with Crippen molar-refractivity contribution < 1.29 is 14.3 Å². The number of likely N-dealkylation sites (N-methyl/N-ethyl adjacent to an activating group) is 1. The molecule has 0 saturated heterocycles. The number of rotatable bonds is 6. The van der Waals surface area contributed by atoms with Gasteiger partial charge in [0.2, 0.25) is 0 Å². The summed E-state index contributed by atoms with van der Waals surface area (Å²) in [6.07, 6.45) is 0. The lowest BCUT2D eigenvalue weighted by Crippen LogP contribution is -2.22. The molecule has 4 heteroatoms. The van der Waals surface area contributed by atoms with E-state index in [9.17, 15) is 4.79 Å². The Kier molecular flexibility index (Phi) is 5.49. The van der Waals surface area contributed by atoms with Crippen LogP contribution in [0, 0.1) is 6.92 Å². The van der Waals surface area contributed by atoms with E-state index in [1.165, 1.54) is 0 Å². The van der Waals surface area contributed by atoms with Crippen LogP contribution in [-0.4, -0.2) is 44.7 Å². The molecule has 1 rings (SSSR count). The van der Waals surface area contributed by atoms with Crippen LogP contribution in [0.2, 0.25) is 0 Å². The minimum atomic E-state index is -0.340. The maximum atomic E-state index is 11.3. The van der Waals surface area contributed by atoms with Crippen molar-refractivity contribution in [2.75, 3.05) is 33.9 Å². The minimum Gasteiger partial charge on any atom is -0.482 e. The molecule has 0 N–H and O–H groups in total. The average Bonchev–Trinajstić information content (AvgIpc) is 2.28. The van der Waals surface area contributed by atoms with Crippen LogP contribution in [0.5, 0.6) is 5.75 Å². The van der Waals surface area contributed by atoms with Gasteiger partial charge < -0.3 is 14.4 Å². The molecule has 0 unspecified atom stereocenters. The SMILES string of the molecule is Cc1ccc(OCC(=O)OCCN(C)C)cc1. The standard InChI is InChI=1S/C13H19NO3/c1-11-4-6-12(7-5-11)17-10-13(15)16-9-8-14(2)3/h4-7H,8-10H2,1-3H3. The van der Waals surface area contributed by atoms with E-state index in [0.717, 1.165) is 12.1 Å². The third-order valence-electron chi connectivity index (χ3n) is 2.18. The lowest BCUT2D eigenvalue weighted by molar-refractivity contribution is -0.146. The zero-order chi connectivity index (χ0) is 12.7. The normalized spacial score (nSPS) is 10.4. The second-order valence-corrected chi connectivity index (χ2v) is 4.13. The molecule has 1 aromatic rings. The number of benzene rings is 1. The molecule has 0 atom stereocenters. The number of carbonyl (C=O) groups is 1. The van der Waals surface area contributed by atoms with Crippen LogP contribution in [0.15, 0.2) is 24.3 Å². The first-order valence-electron chi connectivity index (χ1n) is 5.58. The number of hydrogen-bond donors (Lipinski definition) is 0. The van der Waals surface area contributed by atoms with E-state index in [1.807, 2.05) is 50.2 Å². The summed E-state index contributed by atoms with van der Waals surface area (Å²) >= 11 is 0. The molecule has 0 aromatic heterocycles. The van der Waals surface area contributed by atoms with Crippen LogP contribution in [0.1, 0.15) is 5.56 Å². The molecule has 4 nitrogen and oxygen atoms in total. The predicted molar refractivity (Wildman–Crippen MR) is 66.2 cm³/mol. The quantitative estimate of drug-likeness (QED) is 0.702. The van der Waals surface area contributed by atoms with Crippen molar-refractivity contribution in [3.8, 4) is 5.75 Å². The molecule has 0 heterocycles.